The van der Waals surface area contributed by atoms with Gasteiger partial charge in [0.25, 0.3) is 5.91 Å². The molecule has 0 unspecified atom stereocenters. The third kappa shape index (κ3) is 4.44. The summed E-state index contributed by atoms with van der Waals surface area (Å²) in [6.07, 6.45) is 1.86. The summed E-state index contributed by atoms with van der Waals surface area (Å²) in [7, 11) is 0. The Morgan fingerprint density at radius 3 is 2.70 bits per heavy atom. The molecule has 3 aromatic rings. The molecule has 27 heavy (non-hydrogen) atoms. The number of carbonyl (C=O) groups is 1. The first-order valence-electron chi connectivity index (χ1n) is 7.52. The minimum Gasteiger partial charge on any atom is -0.451 e. The zero-order chi connectivity index (χ0) is 19.6. The Hall–Kier alpha value is -2.07. The molecule has 0 saturated heterocycles. The smallest absolute Gasteiger partial charge is 0.293 e. The SMILES string of the molecule is CSc1nnc(C)n1NC(=S)NC(=O)c1ccc(-c2ccc(Cl)c(Cl)c2)o1. The van der Waals surface area contributed by atoms with Crippen molar-refractivity contribution in [3.8, 4) is 11.3 Å². The number of thiocarbonyl (C=S) groups is 1. The van der Waals surface area contributed by atoms with E-state index in [-0.39, 0.29) is 10.9 Å². The third-order valence-corrected chi connectivity index (χ3v) is 5.01. The predicted octanol–water partition coefficient (Wildman–Crippen LogP) is 4.13. The predicted molar refractivity (Wildman–Crippen MR) is 110 cm³/mol. The molecule has 1 aromatic carbocycles. The molecule has 0 spiro atoms. The van der Waals surface area contributed by atoms with Crippen LogP contribution in [0.15, 0.2) is 39.9 Å². The molecule has 1 amide bonds. The maximum atomic E-state index is 12.4. The number of benzene rings is 1. The zero-order valence-electron chi connectivity index (χ0n) is 14.1. The Balaban J connectivity index is 1.69. The van der Waals surface area contributed by atoms with Crippen LogP contribution in [-0.2, 0) is 0 Å². The topological polar surface area (TPSA) is 85.0 Å². The number of hydrogen-bond donors (Lipinski definition) is 2. The molecule has 3 rings (SSSR count). The van der Waals surface area contributed by atoms with E-state index in [9.17, 15) is 4.79 Å². The number of halogens is 2. The number of aryl methyl sites for hydroxylation is 1. The van der Waals surface area contributed by atoms with Crippen molar-refractivity contribution in [2.75, 3.05) is 11.7 Å². The van der Waals surface area contributed by atoms with Crippen LogP contribution in [0.25, 0.3) is 11.3 Å². The van der Waals surface area contributed by atoms with Crippen molar-refractivity contribution in [3.63, 3.8) is 0 Å². The van der Waals surface area contributed by atoms with Gasteiger partial charge in [-0.25, -0.2) is 4.68 Å². The molecule has 0 radical (unpaired) electrons. The summed E-state index contributed by atoms with van der Waals surface area (Å²) in [6, 6.07) is 8.29. The zero-order valence-corrected chi connectivity index (χ0v) is 17.3. The molecule has 0 aliphatic carbocycles. The first-order valence-corrected chi connectivity index (χ1v) is 9.91. The summed E-state index contributed by atoms with van der Waals surface area (Å²) in [5, 5.41) is 12.0. The monoisotopic (exact) mass is 441 g/mol. The molecule has 0 aliphatic heterocycles. The number of hydrogen-bond acceptors (Lipinski definition) is 6. The summed E-state index contributed by atoms with van der Waals surface area (Å²) in [6.45, 7) is 1.76. The second-order valence-electron chi connectivity index (χ2n) is 5.26. The average Bonchev–Trinajstić information content (AvgIpc) is 3.25. The van der Waals surface area contributed by atoms with Crippen molar-refractivity contribution in [1.82, 2.24) is 20.2 Å². The number of rotatable bonds is 4. The summed E-state index contributed by atoms with van der Waals surface area (Å²) in [5.41, 5.74) is 3.56. The van der Waals surface area contributed by atoms with Crippen molar-refractivity contribution >= 4 is 58.2 Å². The highest BCUT2D eigenvalue weighted by atomic mass is 35.5. The normalized spacial score (nSPS) is 10.7. The van der Waals surface area contributed by atoms with Crippen molar-refractivity contribution in [2.24, 2.45) is 0 Å². The Morgan fingerprint density at radius 1 is 1.22 bits per heavy atom. The fourth-order valence-electron chi connectivity index (χ4n) is 2.16. The minimum atomic E-state index is -0.491. The van der Waals surface area contributed by atoms with Crippen molar-refractivity contribution in [3.05, 3.63) is 52.0 Å². The fourth-order valence-corrected chi connectivity index (χ4v) is 3.13. The largest absolute Gasteiger partial charge is 0.451 e. The van der Waals surface area contributed by atoms with E-state index < -0.39 is 5.91 Å². The van der Waals surface area contributed by atoms with Crippen LogP contribution in [0.2, 0.25) is 10.0 Å². The first kappa shape index (κ1) is 19.7. The van der Waals surface area contributed by atoms with E-state index in [2.05, 4.69) is 20.9 Å². The molecule has 2 N–H and O–H groups in total. The highest BCUT2D eigenvalue weighted by Crippen LogP contribution is 2.29. The average molecular weight is 442 g/mol. The lowest BCUT2D eigenvalue weighted by Gasteiger charge is -2.11. The number of nitrogens with one attached hydrogen (secondary N) is 2. The van der Waals surface area contributed by atoms with Gasteiger partial charge in [-0.15, -0.1) is 10.2 Å². The standard InChI is InChI=1S/C16H13Cl2N5O2S2/c1-8-20-21-16(27-2)23(8)22-15(26)19-14(24)13-6-5-12(25-13)9-3-4-10(17)11(18)7-9/h3-7H,1-2H3,(H2,19,22,24,26). The second kappa shape index (κ2) is 8.30. The number of nitrogens with zero attached hydrogens (tertiary/aromatic N) is 3. The lowest BCUT2D eigenvalue weighted by atomic mass is 10.2. The van der Waals surface area contributed by atoms with E-state index >= 15 is 0 Å². The molecule has 11 heteroatoms. The summed E-state index contributed by atoms with van der Waals surface area (Å²) in [5.74, 6) is 0.703. The lowest BCUT2D eigenvalue weighted by molar-refractivity contribution is 0.0951. The molecule has 2 aromatic heterocycles. The minimum absolute atomic E-state index is 0.0886. The van der Waals surface area contributed by atoms with E-state index in [4.69, 9.17) is 39.8 Å². The highest BCUT2D eigenvalue weighted by Gasteiger charge is 2.16. The van der Waals surface area contributed by atoms with E-state index in [0.29, 0.717) is 32.3 Å². The fraction of sp³-hybridized carbons (Fsp3) is 0.125. The van der Waals surface area contributed by atoms with Crippen LogP contribution in [0.4, 0.5) is 0 Å². The second-order valence-corrected chi connectivity index (χ2v) is 7.25. The van der Waals surface area contributed by atoms with Gasteiger partial charge in [0.1, 0.15) is 11.6 Å². The van der Waals surface area contributed by atoms with Gasteiger partial charge in [0.05, 0.1) is 10.0 Å². The maximum Gasteiger partial charge on any atom is 0.293 e. The Morgan fingerprint density at radius 2 is 2.00 bits per heavy atom. The van der Waals surface area contributed by atoms with E-state index in [1.54, 1.807) is 41.9 Å². The number of furan rings is 1. The van der Waals surface area contributed by atoms with Crippen LogP contribution >= 0.6 is 47.2 Å². The molecule has 140 valence electrons. The summed E-state index contributed by atoms with van der Waals surface area (Å²) >= 11 is 18.5. The van der Waals surface area contributed by atoms with Gasteiger partial charge in [-0.3, -0.25) is 15.5 Å². The molecule has 0 atom stereocenters. The van der Waals surface area contributed by atoms with Crippen LogP contribution in [0.3, 0.4) is 0 Å². The Bertz CT molecular complexity index is 1020. The number of thioether (sulfide) groups is 1. The molecule has 0 bridgehead atoms. The van der Waals surface area contributed by atoms with Crippen molar-refractivity contribution in [2.45, 2.75) is 12.1 Å². The van der Waals surface area contributed by atoms with Gasteiger partial charge in [0.2, 0.25) is 5.16 Å². The number of amides is 1. The molecular weight excluding hydrogens is 429 g/mol. The first-order chi connectivity index (χ1) is 12.9. The van der Waals surface area contributed by atoms with Crippen molar-refractivity contribution in [1.29, 1.82) is 0 Å². The van der Waals surface area contributed by atoms with E-state index in [1.807, 2.05) is 6.26 Å². The van der Waals surface area contributed by atoms with E-state index in [1.165, 1.54) is 11.8 Å². The molecule has 0 saturated carbocycles. The summed E-state index contributed by atoms with van der Waals surface area (Å²) in [4.78, 5) is 12.4. The van der Waals surface area contributed by atoms with Gasteiger partial charge in [0, 0.05) is 5.56 Å². The van der Waals surface area contributed by atoms with Gasteiger partial charge < -0.3 is 4.42 Å². The summed E-state index contributed by atoms with van der Waals surface area (Å²) < 4.78 is 7.17. The van der Waals surface area contributed by atoms with Gasteiger partial charge in [-0.05, 0) is 55.7 Å². The quantitative estimate of drug-likeness (QED) is 0.464. The van der Waals surface area contributed by atoms with Crippen LogP contribution in [0, 0.1) is 6.92 Å². The number of carbonyl (C=O) groups excluding carboxylic acids is 1. The molecule has 7 nitrogen and oxygen atoms in total. The number of aromatic nitrogens is 3. The van der Waals surface area contributed by atoms with Crippen LogP contribution < -0.4 is 10.7 Å². The Labute approximate surface area is 174 Å². The van der Waals surface area contributed by atoms with Crippen molar-refractivity contribution < 1.29 is 9.21 Å². The molecule has 0 fully saturated rings. The Kier molecular flexibility index (Phi) is 6.05. The van der Waals surface area contributed by atoms with Gasteiger partial charge in [-0.1, -0.05) is 35.0 Å². The molecule has 0 aliphatic rings. The van der Waals surface area contributed by atoms with E-state index in [0.717, 1.165) is 0 Å². The van der Waals surface area contributed by atoms with Crippen LogP contribution in [0.5, 0.6) is 0 Å². The maximum absolute atomic E-state index is 12.4. The molecule has 2 heterocycles. The van der Waals surface area contributed by atoms with Gasteiger partial charge in [-0.2, -0.15) is 0 Å². The lowest BCUT2D eigenvalue weighted by Crippen LogP contribution is -2.38. The van der Waals surface area contributed by atoms with Crippen LogP contribution in [-0.4, -0.2) is 32.1 Å². The van der Waals surface area contributed by atoms with Gasteiger partial charge >= 0.3 is 0 Å². The van der Waals surface area contributed by atoms with Gasteiger partial charge in [0.15, 0.2) is 10.9 Å². The highest BCUT2D eigenvalue weighted by molar-refractivity contribution is 7.98. The van der Waals surface area contributed by atoms with Crippen LogP contribution in [0.1, 0.15) is 16.4 Å². The molecular formula is C16H13Cl2N5O2S2. The third-order valence-electron chi connectivity index (χ3n) is 3.45.